The van der Waals surface area contributed by atoms with Crippen LogP contribution >= 0.6 is 15.9 Å². The Kier molecular flexibility index (Phi) is 6.37. The molecule has 2 aromatic rings. The summed E-state index contributed by atoms with van der Waals surface area (Å²) in [6.45, 7) is 7.25. The number of ether oxygens (including phenoxy) is 3. The number of hydrogen-bond donors (Lipinski definition) is 1. The van der Waals surface area contributed by atoms with Crippen molar-refractivity contribution >= 4 is 21.8 Å². The third kappa shape index (κ3) is 4.91. The van der Waals surface area contributed by atoms with Crippen molar-refractivity contribution in [3.05, 3.63) is 57.6 Å². The summed E-state index contributed by atoms with van der Waals surface area (Å²) in [5.41, 5.74) is 2.75. The van der Waals surface area contributed by atoms with Crippen LogP contribution in [0.25, 0.3) is 0 Å². The predicted octanol–water partition coefficient (Wildman–Crippen LogP) is 3.54. The summed E-state index contributed by atoms with van der Waals surface area (Å²) >= 11 is 3.59. The highest BCUT2D eigenvalue weighted by Gasteiger charge is 2.20. The molecule has 0 aliphatic carbocycles. The molecule has 6 nitrogen and oxygen atoms in total. The van der Waals surface area contributed by atoms with E-state index in [2.05, 4.69) is 32.2 Å². The van der Waals surface area contributed by atoms with E-state index in [0.29, 0.717) is 24.5 Å². The van der Waals surface area contributed by atoms with E-state index < -0.39 is 0 Å². The normalized spacial score (nSPS) is 17.6. The van der Waals surface area contributed by atoms with Gasteiger partial charge in [0, 0.05) is 29.7 Å². The van der Waals surface area contributed by atoms with Gasteiger partial charge in [-0.15, -0.1) is 0 Å². The zero-order chi connectivity index (χ0) is 20.2. The Morgan fingerprint density at radius 2 is 1.83 bits per heavy atom. The molecule has 7 heteroatoms. The number of nitrogens with one attached hydrogen (secondary N) is 1. The van der Waals surface area contributed by atoms with Crippen LogP contribution in [0.4, 0.5) is 0 Å². The summed E-state index contributed by atoms with van der Waals surface area (Å²) in [6.07, 6.45) is 0. The summed E-state index contributed by atoms with van der Waals surface area (Å²) in [4.78, 5) is 15.2. The molecule has 0 saturated carbocycles. The van der Waals surface area contributed by atoms with Gasteiger partial charge in [0.2, 0.25) is 0 Å². The molecule has 2 aromatic carbocycles. The molecule has 1 unspecified atom stereocenters. The first-order valence-electron chi connectivity index (χ1n) is 9.89. The molecule has 2 heterocycles. The van der Waals surface area contributed by atoms with Crippen molar-refractivity contribution in [2.24, 2.45) is 0 Å². The van der Waals surface area contributed by atoms with Crippen LogP contribution in [0.1, 0.15) is 34.5 Å². The fourth-order valence-corrected chi connectivity index (χ4v) is 4.26. The average molecular weight is 461 g/mol. The highest BCUT2D eigenvalue weighted by molar-refractivity contribution is 9.10. The minimum Gasteiger partial charge on any atom is -0.486 e. The standard InChI is InChI=1S/C22H25BrN2O4/c1-15(18-12-20-21(13-19(18)23)29-10-9-28-20)24-22(26)17-4-2-3-16(11-17)14-25-5-7-27-8-6-25/h2-4,11-13,15H,5-10,14H2,1H3,(H,24,26). The number of amides is 1. The third-order valence-corrected chi connectivity index (χ3v) is 5.86. The van der Waals surface area contributed by atoms with E-state index >= 15 is 0 Å². The van der Waals surface area contributed by atoms with E-state index in [1.54, 1.807) is 0 Å². The quantitative estimate of drug-likeness (QED) is 0.739. The van der Waals surface area contributed by atoms with Crippen LogP contribution in [-0.2, 0) is 11.3 Å². The molecule has 0 aromatic heterocycles. The van der Waals surface area contributed by atoms with Crippen LogP contribution in [0.3, 0.4) is 0 Å². The van der Waals surface area contributed by atoms with Gasteiger partial charge in [0.15, 0.2) is 11.5 Å². The van der Waals surface area contributed by atoms with Gasteiger partial charge in [0.25, 0.3) is 5.91 Å². The smallest absolute Gasteiger partial charge is 0.251 e. The van der Waals surface area contributed by atoms with Crippen molar-refractivity contribution in [3.8, 4) is 11.5 Å². The van der Waals surface area contributed by atoms with Crippen molar-refractivity contribution in [2.45, 2.75) is 19.5 Å². The van der Waals surface area contributed by atoms with Gasteiger partial charge in [-0.25, -0.2) is 0 Å². The minimum absolute atomic E-state index is 0.0943. The lowest BCUT2D eigenvalue weighted by atomic mass is 10.1. The van der Waals surface area contributed by atoms with Crippen LogP contribution in [0, 0.1) is 0 Å². The number of nitrogens with zero attached hydrogens (tertiary/aromatic N) is 1. The van der Waals surface area contributed by atoms with Crippen molar-refractivity contribution in [1.82, 2.24) is 10.2 Å². The zero-order valence-corrected chi connectivity index (χ0v) is 18.0. The Balaban J connectivity index is 1.44. The van der Waals surface area contributed by atoms with Crippen LogP contribution in [0.15, 0.2) is 40.9 Å². The number of morpholine rings is 1. The van der Waals surface area contributed by atoms with Crippen molar-refractivity contribution in [2.75, 3.05) is 39.5 Å². The Morgan fingerprint density at radius 1 is 1.10 bits per heavy atom. The molecular formula is C22H25BrN2O4. The molecule has 4 rings (SSSR count). The molecule has 1 atom stereocenters. The van der Waals surface area contributed by atoms with Gasteiger partial charge < -0.3 is 19.5 Å². The largest absolute Gasteiger partial charge is 0.486 e. The molecule has 1 amide bonds. The molecule has 1 fully saturated rings. The lowest BCUT2D eigenvalue weighted by molar-refractivity contribution is 0.0342. The van der Waals surface area contributed by atoms with Crippen LogP contribution in [0.2, 0.25) is 0 Å². The van der Waals surface area contributed by atoms with Gasteiger partial charge in [-0.3, -0.25) is 9.69 Å². The number of carbonyl (C=O) groups is 1. The highest BCUT2D eigenvalue weighted by atomic mass is 79.9. The second kappa shape index (κ2) is 9.15. The summed E-state index contributed by atoms with van der Waals surface area (Å²) in [6, 6.07) is 11.5. The lowest BCUT2D eigenvalue weighted by Gasteiger charge is -2.26. The Morgan fingerprint density at radius 3 is 2.59 bits per heavy atom. The highest BCUT2D eigenvalue weighted by Crippen LogP contribution is 2.37. The van der Waals surface area contributed by atoms with E-state index in [4.69, 9.17) is 14.2 Å². The van der Waals surface area contributed by atoms with Crippen molar-refractivity contribution in [1.29, 1.82) is 0 Å². The fourth-order valence-electron chi connectivity index (χ4n) is 3.60. The SMILES string of the molecule is CC(NC(=O)c1cccc(CN2CCOCC2)c1)c1cc2c(cc1Br)OCCO2. The number of rotatable bonds is 5. The maximum absolute atomic E-state index is 12.9. The Hall–Kier alpha value is -2.09. The maximum atomic E-state index is 12.9. The molecule has 2 aliphatic rings. The monoisotopic (exact) mass is 460 g/mol. The number of fused-ring (bicyclic) bond motifs is 1. The van der Waals surface area contributed by atoms with Crippen LogP contribution < -0.4 is 14.8 Å². The molecule has 29 heavy (non-hydrogen) atoms. The van der Waals surface area contributed by atoms with E-state index in [9.17, 15) is 4.79 Å². The number of hydrogen-bond acceptors (Lipinski definition) is 5. The maximum Gasteiger partial charge on any atom is 0.251 e. The fraction of sp³-hybridized carbons (Fsp3) is 0.409. The number of benzene rings is 2. The first-order chi connectivity index (χ1) is 14.1. The van der Waals surface area contributed by atoms with E-state index in [0.717, 1.165) is 54.2 Å². The number of halogens is 1. The molecular weight excluding hydrogens is 436 g/mol. The average Bonchev–Trinajstić information content (AvgIpc) is 2.74. The molecule has 0 radical (unpaired) electrons. The Bertz CT molecular complexity index is 883. The zero-order valence-electron chi connectivity index (χ0n) is 16.4. The molecule has 1 N–H and O–H groups in total. The van der Waals surface area contributed by atoms with E-state index in [1.807, 2.05) is 37.3 Å². The first-order valence-corrected chi connectivity index (χ1v) is 10.7. The third-order valence-electron chi connectivity index (χ3n) is 5.17. The van der Waals surface area contributed by atoms with E-state index in [-0.39, 0.29) is 11.9 Å². The van der Waals surface area contributed by atoms with Crippen molar-refractivity contribution < 1.29 is 19.0 Å². The van der Waals surface area contributed by atoms with Gasteiger partial charge in [0.1, 0.15) is 13.2 Å². The number of carbonyl (C=O) groups excluding carboxylic acids is 1. The summed E-state index contributed by atoms with van der Waals surface area (Å²) < 4.78 is 17.6. The van der Waals surface area contributed by atoms with Crippen LogP contribution in [-0.4, -0.2) is 50.3 Å². The summed E-state index contributed by atoms with van der Waals surface area (Å²) in [7, 11) is 0. The molecule has 0 spiro atoms. The molecule has 2 aliphatic heterocycles. The van der Waals surface area contributed by atoms with Gasteiger partial charge in [-0.1, -0.05) is 28.1 Å². The second-order valence-corrected chi connectivity index (χ2v) is 8.16. The summed E-state index contributed by atoms with van der Waals surface area (Å²) in [5.74, 6) is 1.34. The lowest BCUT2D eigenvalue weighted by Crippen LogP contribution is -2.35. The van der Waals surface area contributed by atoms with Gasteiger partial charge in [0.05, 0.1) is 19.3 Å². The van der Waals surface area contributed by atoms with Crippen molar-refractivity contribution in [3.63, 3.8) is 0 Å². The summed E-state index contributed by atoms with van der Waals surface area (Å²) in [5, 5.41) is 3.09. The van der Waals surface area contributed by atoms with Gasteiger partial charge in [-0.05, 0) is 42.3 Å². The molecule has 154 valence electrons. The molecule has 0 bridgehead atoms. The van der Waals surface area contributed by atoms with Gasteiger partial charge in [-0.2, -0.15) is 0 Å². The molecule has 1 saturated heterocycles. The second-order valence-electron chi connectivity index (χ2n) is 7.30. The van der Waals surface area contributed by atoms with Crippen LogP contribution in [0.5, 0.6) is 11.5 Å². The Labute approximate surface area is 179 Å². The predicted molar refractivity (Wildman–Crippen MR) is 114 cm³/mol. The topological polar surface area (TPSA) is 60.0 Å². The minimum atomic E-state index is -0.185. The van der Waals surface area contributed by atoms with Gasteiger partial charge >= 0.3 is 0 Å². The van der Waals surface area contributed by atoms with E-state index in [1.165, 1.54) is 0 Å². The first kappa shape index (κ1) is 20.2.